The van der Waals surface area contributed by atoms with Crippen LogP contribution in [-0.4, -0.2) is 16.3 Å². The summed E-state index contributed by atoms with van der Waals surface area (Å²) in [6.45, 7) is 7.97. The molecule has 0 saturated carbocycles. The Morgan fingerprint density at radius 2 is 2.00 bits per heavy atom. The third-order valence-corrected chi connectivity index (χ3v) is 3.68. The summed E-state index contributed by atoms with van der Waals surface area (Å²) in [5.74, 6) is 0.610. The summed E-state index contributed by atoms with van der Waals surface area (Å²) in [7, 11) is 0. The predicted molar refractivity (Wildman–Crippen MR) is 84.9 cm³/mol. The standard InChI is InChI=1S/C15H19Cl2N3/c1-10(2)7-18-8-12-5-4-6-13(16)15(12)20-9-14(17)11(3)19-20/h4-6,9-10,18H,7-8H2,1-3H3. The van der Waals surface area contributed by atoms with Crippen LogP contribution in [0.5, 0.6) is 0 Å². The molecule has 1 heterocycles. The van der Waals surface area contributed by atoms with Crippen molar-refractivity contribution in [1.29, 1.82) is 0 Å². The van der Waals surface area contributed by atoms with Gasteiger partial charge in [-0.25, -0.2) is 4.68 Å². The number of halogens is 2. The van der Waals surface area contributed by atoms with Gasteiger partial charge in [0.1, 0.15) is 0 Å². The summed E-state index contributed by atoms with van der Waals surface area (Å²) in [6.07, 6.45) is 1.80. The number of benzene rings is 1. The van der Waals surface area contributed by atoms with Gasteiger partial charge in [-0.1, -0.05) is 49.2 Å². The van der Waals surface area contributed by atoms with E-state index >= 15 is 0 Å². The van der Waals surface area contributed by atoms with E-state index in [9.17, 15) is 0 Å². The number of nitrogens with zero attached hydrogens (tertiary/aromatic N) is 2. The zero-order chi connectivity index (χ0) is 14.7. The fourth-order valence-electron chi connectivity index (χ4n) is 2.01. The summed E-state index contributed by atoms with van der Waals surface area (Å²) in [5, 5.41) is 9.16. The molecular formula is C15H19Cl2N3. The molecule has 0 unspecified atom stereocenters. The molecule has 2 aromatic rings. The van der Waals surface area contributed by atoms with E-state index in [2.05, 4.69) is 30.3 Å². The minimum Gasteiger partial charge on any atom is -0.312 e. The molecule has 108 valence electrons. The molecule has 1 N–H and O–H groups in total. The first kappa shape index (κ1) is 15.4. The lowest BCUT2D eigenvalue weighted by Gasteiger charge is -2.13. The van der Waals surface area contributed by atoms with E-state index < -0.39 is 0 Å². The van der Waals surface area contributed by atoms with Crippen LogP contribution in [0.3, 0.4) is 0 Å². The molecule has 20 heavy (non-hydrogen) atoms. The van der Waals surface area contributed by atoms with Gasteiger partial charge in [-0.05, 0) is 31.0 Å². The second-order valence-corrected chi connectivity index (χ2v) is 6.09. The highest BCUT2D eigenvalue weighted by Gasteiger charge is 2.12. The molecule has 0 spiro atoms. The van der Waals surface area contributed by atoms with Gasteiger partial charge in [0.25, 0.3) is 0 Å². The lowest BCUT2D eigenvalue weighted by molar-refractivity contribution is 0.551. The van der Waals surface area contributed by atoms with Gasteiger partial charge in [-0.2, -0.15) is 5.10 Å². The van der Waals surface area contributed by atoms with Crippen LogP contribution in [0.15, 0.2) is 24.4 Å². The summed E-state index contributed by atoms with van der Waals surface area (Å²) in [6, 6.07) is 5.88. The number of nitrogens with one attached hydrogen (secondary N) is 1. The number of hydrogen-bond acceptors (Lipinski definition) is 2. The Balaban J connectivity index is 2.31. The quantitative estimate of drug-likeness (QED) is 0.895. The fourth-order valence-corrected chi connectivity index (χ4v) is 2.42. The van der Waals surface area contributed by atoms with Gasteiger partial charge in [-0.3, -0.25) is 0 Å². The molecule has 5 heteroatoms. The van der Waals surface area contributed by atoms with E-state index in [-0.39, 0.29) is 0 Å². The first-order valence-corrected chi connectivity index (χ1v) is 7.45. The fraction of sp³-hybridized carbons (Fsp3) is 0.400. The van der Waals surface area contributed by atoms with Gasteiger partial charge in [0.15, 0.2) is 0 Å². The van der Waals surface area contributed by atoms with E-state index in [4.69, 9.17) is 23.2 Å². The Morgan fingerprint density at radius 1 is 1.25 bits per heavy atom. The van der Waals surface area contributed by atoms with E-state index in [1.165, 1.54) is 0 Å². The molecule has 1 aromatic carbocycles. The predicted octanol–water partition coefficient (Wildman–Crippen LogP) is 4.23. The average molecular weight is 312 g/mol. The molecule has 3 nitrogen and oxygen atoms in total. The molecular weight excluding hydrogens is 293 g/mol. The van der Waals surface area contributed by atoms with Crippen molar-refractivity contribution in [3.8, 4) is 5.69 Å². The summed E-state index contributed by atoms with van der Waals surface area (Å²) < 4.78 is 1.76. The number of para-hydroxylation sites is 1. The van der Waals surface area contributed by atoms with Crippen LogP contribution in [0, 0.1) is 12.8 Å². The average Bonchev–Trinajstić information content (AvgIpc) is 2.69. The molecule has 0 saturated heterocycles. The molecule has 0 aliphatic carbocycles. The Kier molecular flexibility index (Phi) is 5.08. The van der Waals surface area contributed by atoms with E-state index in [1.807, 2.05) is 19.1 Å². The summed E-state index contributed by atoms with van der Waals surface area (Å²) in [4.78, 5) is 0. The summed E-state index contributed by atoms with van der Waals surface area (Å²) in [5.41, 5.74) is 2.80. The maximum absolute atomic E-state index is 6.34. The minimum atomic E-state index is 0.610. The van der Waals surface area contributed by atoms with Gasteiger partial charge in [-0.15, -0.1) is 0 Å². The van der Waals surface area contributed by atoms with Crippen molar-refractivity contribution >= 4 is 23.2 Å². The van der Waals surface area contributed by atoms with Crippen molar-refractivity contribution in [3.63, 3.8) is 0 Å². The molecule has 1 aromatic heterocycles. The topological polar surface area (TPSA) is 29.9 Å². The molecule has 0 aliphatic rings. The molecule has 0 radical (unpaired) electrons. The Bertz CT molecular complexity index is 571. The van der Waals surface area contributed by atoms with Crippen LogP contribution < -0.4 is 5.32 Å². The maximum Gasteiger partial charge on any atom is 0.0877 e. The van der Waals surface area contributed by atoms with Crippen LogP contribution in [0.25, 0.3) is 5.69 Å². The highest BCUT2D eigenvalue weighted by Crippen LogP contribution is 2.26. The second-order valence-electron chi connectivity index (χ2n) is 5.28. The first-order chi connectivity index (χ1) is 9.49. The van der Waals surface area contributed by atoms with Gasteiger partial charge in [0.2, 0.25) is 0 Å². The largest absolute Gasteiger partial charge is 0.312 e. The van der Waals surface area contributed by atoms with Crippen molar-refractivity contribution in [1.82, 2.24) is 15.1 Å². The van der Waals surface area contributed by atoms with E-state index in [1.54, 1.807) is 10.9 Å². The molecule has 0 aliphatic heterocycles. The van der Waals surface area contributed by atoms with Crippen molar-refractivity contribution < 1.29 is 0 Å². The lowest BCUT2D eigenvalue weighted by atomic mass is 10.1. The van der Waals surface area contributed by atoms with Crippen molar-refractivity contribution in [2.24, 2.45) is 5.92 Å². The van der Waals surface area contributed by atoms with Crippen LogP contribution in [0.1, 0.15) is 25.1 Å². The Labute approximate surface area is 129 Å². The molecule has 0 bridgehead atoms. The van der Waals surface area contributed by atoms with Crippen LogP contribution >= 0.6 is 23.2 Å². The normalized spacial score (nSPS) is 11.3. The lowest BCUT2D eigenvalue weighted by Crippen LogP contribution is -2.20. The van der Waals surface area contributed by atoms with Gasteiger partial charge >= 0.3 is 0 Å². The van der Waals surface area contributed by atoms with Crippen LogP contribution in [-0.2, 0) is 6.54 Å². The number of aromatic nitrogens is 2. The highest BCUT2D eigenvalue weighted by molar-refractivity contribution is 6.32. The Morgan fingerprint density at radius 3 is 2.60 bits per heavy atom. The maximum atomic E-state index is 6.34. The molecule has 0 amide bonds. The number of aryl methyl sites for hydroxylation is 1. The van der Waals surface area contributed by atoms with Crippen molar-refractivity contribution in [2.75, 3.05) is 6.54 Å². The van der Waals surface area contributed by atoms with E-state index in [0.717, 1.165) is 30.0 Å². The highest BCUT2D eigenvalue weighted by atomic mass is 35.5. The van der Waals surface area contributed by atoms with E-state index in [0.29, 0.717) is 16.0 Å². The van der Waals surface area contributed by atoms with Crippen LogP contribution in [0.2, 0.25) is 10.0 Å². The third kappa shape index (κ3) is 3.54. The molecule has 2 rings (SSSR count). The zero-order valence-corrected chi connectivity index (χ0v) is 13.5. The van der Waals surface area contributed by atoms with Crippen molar-refractivity contribution in [3.05, 3.63) is 45.7 Å². The smallest absolute Gasteiger partial charge is 0.0877 e. The van der Waals surface area contributed by atoms with Gasteiger partial charge in [0.05, 0.1) is 21.4 Å². The Hall–Kier alpha value is -1.03. The number of hydrogen-bond donors (Lipinski definition) is 1. The minimum absolute atomic E-state index is 0.610. The zero-order valence-electron chi connectivity index (χ0n) is 12.0. The van der Waals surface area contributed by atoms with Crippen LogP contribution in [0.4, 0.5) is 0 Å². The number of rotatable bonds is 5. The van der Waals surface area contributed by atoms with Crippen molar-refractivity contribution in [2.45, 2.75) is 27.3 Å². The summed E-state index contributed by atoms with van der Waals surface area (Å²) >= 11 is 12.4. The first-order valence-electron chi connectivity index (χ1n) is 6.69. The van der Waals surface area contributed by atoms with Gasteiger partial charge in [0, 0.05) is 12.7 Å². The van der Waals surface area contributed by atoms with Gasteiger partial charge < -0.3 is 5.32 Å². The SMILES string of the molecule is Cc1nn(-c2c(Cl)cccc2CNCC(C)C)cc1Cl. The second kappa shape index (κ2) is 6.61. The molecule has 0 atom stereocenters. The monoisotopic (exact) mass is 311 g/mol. The molecule has 0 fully saturated rings. The third-order valence-electron chi connectivity index (χ3n) is 3.01.